The standard InChI is InChI=1S/C17H33NO4/c1-16(2,3)22-15(20)18-9-7-14(8-10-18)13-17(4,5)21-12-6-11-19/h14,19H,6-13H2,1-5H3. The molecule has 1 N–H and O–H groups in total. The molecule has 0 aromatic carbocycles. The van der Waals surface area contributed by atoms with Crippen LogP contribution in [0.2, 0.25) is 0 Å². The molecule has 0 aromatic heterocycles. The van der Waals surface area contributed by atoms with Crippen LogP contribution >= 0.6 is 0 Å². The number of amides is 1. The Kier molecular flexibility index (Phi) is 7.13. The molecule has 0 radical (unpaired) electrons. The van der Waals surface area contributed by atoms with Gasteiger partial charge in [-0.1, -0.05) is 0 Å². The quantitative estimate of drug-likeness (QED) is 0.765. The van der Waals surface area contributed by atoms with Crippen LogP contribution < -0.4 is 0 Å². The molecule has 1 saturated heterocycles. The fourth-order valence-electron chi connectivity index (χ4n) is 2.81. The predicted molar refractivity (Wildman–Crippen MR) is 86.9 cm³/mol. The number of carbonyl (C=O) groups excluding carboxylic acids is 1. The lowest BCUT2D eigenvalue weighted by atomic mass is 9.86. The highest BCUT2D eigenvalue weighted by atomic mass is 16.6. The Morgan fingerprint density at radius 3 is 2.27 bits per heavy atom. The number of aliphatic hydroxyl groups is 1. The summed E-state index contributed by atoms with van der Waals surface area (Å²) in [5.41, 5.74) is -0.607. The highest BCUT2D eigenvalue weighted by Crippen LogP contribution is 2.29. The molecule has 1 amide bonds. The van der Waals surface area contributed by atoms with Gasteiger partial charge in [0.1, 0.15) is 5.60 Å². The third kappa shape index (κ3) is 7.45. The Balaban J connectivity index is 2.34. The van der Waals surface area contributed by atoms with Crippen LogP contribution in [0.3, 0.4) is 0 Å². The fourth-order valence-corrected chi connectivity index (χ4v) is 2.81. The lowest BCUT2D eigenvalue weighted by molar-refractivity contribution is -0.0444. The first-order valence-electron chi connectivity index (χ1n) is 8.36. The molecule has 1 fully saturated rings. The van der Waals surface area contributed by atoms with Crippen molar-refractivity contribution in [2.24, 2.45) is 5.92 Å². The van der Waals surface area contributed by atoms with Crippen molar-refractivity contribution >= 4 is 6.09 Å². The van der Waals surface area contributed by atoms with Crippen molar-refractivity contribution in [3.63, 3.8) is 0 Å². The minimum atomic E-state index is -0.434. The smallest absolute Gasteiger partial charge is 0.410 e. The summed E-state index contributed by atoms with van der Waals surface area (Å²) in [5, 5.41) is 8.82. The number of hydrogen-bond donors (Lipinski definition) is 1. The minimum absolute atomic E-state index is 0.171. The van der Waals surface area contributed by atoms with Crippen LogP contribution in [0, 0.1) is 5.92 Å². The zero-order valence-electron chi connectivity index (χ0n) is 14.9. The average Bonchev–Trinajstić information content (AvgIpc) is 2.37. The summed E-state index contributed by atoms with van der Waals surface area (Å²) in [6.45, 7) is 12.2. The van der Waals surface area contributed by atoms with Crippen LogP contribution in [0.15, 0.2) is 0 Å². The minimum Gasteiger partial charge on any atom is -0.444 e. The van der Waals surface area contributed by atoms with Crippen molar-refractivity contribution in [1.29, 1.82) is 0 Å². The van der Waals surface area contributed by atoms with E-state index >= 15 is 0 Å². The van der Waals surface area contributed by atoms with Crippen LogP contribution in [0.1, 0.15) is 60.3 Å². The van der Waals surface area contributed by atoms with Crippen LogP contribution in [0.4, 0.5) is 4.79 Å². The van der Waals surface area contributed by atoms with Gasteiger partial charge in [-0.15, -0.1) is 0 Å². The zero-order chi connectivity index (χ0) is 16.8. The SMILES string of the molecule is CC(C)(C)OC(=O)N1CCC(CC(C)(C)OCCCO)CC1. The molecule has 0 bridgehead atoms. The van der Waals surface area contributed by atoms with E-state index in [1.54, 1.807) is 4.90 Å². The molecule has 5 heteroatoms. The van der Waals surface area contributed by atoms with E-state index in [4.69, 9.17) is 14.6 Å². The monoisotopic (exact) mass is 315 g/mol. The van der Waals surface area contributed by atoms with Gasteiger partial charge >= 0.3 is 6.09 Å². The molecule has 0 atom stereocenters. The summed E-state index contributed by atoms with van der Waals surface area (Å²) in [6, 6.07) is 0. The highest BCUT2D eigenvalue weighted by Gasteiger charge is 2.30. The lowest BCUT2D eigenvalue weighted by Crippen LogP contribution is -2.43. The maximum Gasteiger partial charge on any atom is 0.410 e. The second-order valence-electron chi connectivity index (χ2n) is 7.80. The summed E-state index contributed by atoms with van der Waals surface area (Å²) in [5.74, 6) is 0.572. The molecule has 1 heterocycles. The van der Waals surface area contributed by atoms with Gasteiger partial charge in [-0.2, -0.15) is 0 Å². The fraction of sp³-hybridized carbons (Fsp3) is 0.941. The summed E-state index contributed by atoms with van der Waals surface area (Å²) >= 11 is 0. The number of rotatable bonds is 6. The van der Waals surface area contributed by atoms with Gasteiger partial charge in [0.2, 0.25) is 0 Å². The molecule has 130 valence electrons. The Morgan fingerprint density at radius 2 is 1.77 bits per heavy atom. The first-order valence-corrected chi connectivity index (χ1v) is 8.36. The van der Waals surface area contributed by atoms with Gasteiger partial charge in [0.05, 0.1) is 5.60 Å². The normalized spacial score (nSPS) is 17.6. The Bertz CT molecular complexity index is 341. The molecule has 22 heavy (non-hydrogen) atoms. The molecule has 0 unspecified atom stereocenters. The number of carbonyl (C=O) groups is 1. The average molecular weight is 315 g/mol. The number of aliphatic hydroxyl groups excluding tert-OH is 1. The maximum atomic E-state index is 12.0. The van der Waals surface area contributed by atoms with E-state index in [1.165, 1.54) is 0 Å². The van der Waals surface area contributed by atoms with Crippen molar-refractivity contribution in [3.05, 3.63) is 0 Å². The number of nitrogens with zero attached hydrogens (tertiary/aromatic N) is 1. The van der Waals surface area contributed by atoms with E-state index in [1.807, 2.05) is 20.8 Å². The number of likely N-dealkylation sites (tertiary alicyclic amines) is 1. The molecule has 0 aliphatic carbocycles. The van der Waals surface area contributed by atoms with Gasteiger partial charge in [-0.3, -0.25) is 0 Å². The second kappa shape index (κ2) is 8.16. The Hall–Kier alpha value is -0.810. The van der Waals surface area contributed by atoms with Crippen molar-refractivity contribution in [1.82, 2.24) is 4.90 Å². The van der Waals surface area contributed by atoms with E-state index in [9.17, 15) is 4.79 Å². The number of hydrogen-bond acceptors (Lipinski definition) is 4. The van der Waals surface area contributed by atoms with Crippen molar-refractivity contribution < 1.29 is 19.4 Å². The van der Waals surface area contributed by atoms with Crippen LogP contribution in [0.25, 0.3) is 0 Å². The third-order valence-electron chi connectivity index (χ3n) is 3.84. The first-order chi connectivity index (χ1) is 10.1. The third-order valence-corrected chi connectivity index (χ3v) is 3.84. The van der Waals surface area contributed by atoms with Crippen LogP contribution in [-0.2, 0) is 9.47 Å². The van der Waals surface area contributed by atoms with E-state index in [2.05, 4.69) is 13.8 Å². The summed E-state index contributed by atoms with van der Waals surface area (Å²) in [7, 11) is 0. The van der Waals surface area contributed by atoms with Gasteiger partial charge < -0.3 is 19.5 Å². The zero-order valence-corrected chi connectivity index (χ0v) is 14.9. The Morgan fingerprint density at radius 1 is 1.18 bits per heavy atom. The lowest BCUT2D eigenvalue weighted by Gasteiger charge is -2.36. The van der Waals surface area contributed by atoms with Gasteiger partial charge in [-0.25, -0.2) is 4.79 Å². The van der Waals surface area contributed by atoms with Crippen molar-refractivity contribution in [2.45, 2.75) is 71.5 Å². The second-order valence-corrected chi connectivity index (χ2v) is 7.80. The summed E-state index contributed by atoms with van der Waals surface area (Å²) < 4.78 is 11.3. The molecule has 1 rings (SSSR count). The molecule has 1 aliphatic heterocycles. The van der Waals surface area contributed by atoms with E-state index < -0.39 is 5.60 Å². The van der Waals surface area contributed by atoms with E-state index in [-0.39, 0.29) is 18.3 Å². The Labute approximate surface area is 135 Å². The molecule has 0 saturated carbocycles. The van der Waals surface area contributed by atoms with Gasteiger partial charge in [0.15, 0.2) is 0 Å². The number of ether oxygens (including phenoxy) is 2. The predicted octanol–water partition coefficient (Wildman–Crippen LogP) is 3.20. The summed E-state index contributed by atoms with van der Waals surface area (Å²) in [6.07, 6.45) is 3.45. The molecular weight excluding hydrogens is 282 g/mol. The maximum absolute atomic E-state index is 12.0. The van der Waals surface area contributed by atoms with Crippen LogP contribution in [0.5, 0.6) is 0 Å². The first kappa shape index (κ1) is 19.2. The molecule has 1 aliphatic rings. The topological polar surface area (TPSA) is 59.0 Å². The largest absolute Gasteiger partial charge is 0.444 e. The van der Waals surface area contributed by atoms with E-state index in [0.29, 0.717) is 18.9 Å². The van der Waals surface area contributed by atoms with Gasteiger partial charge in [0.25, 0.3) is 0 Å². The van der Waals surface area contributed by atoms with Crippen molar-refractivity contribution in [3.8, 4) is 0 Å². The van der Waals surface area contributed by atoms with Gasteiger partial charge in [-0.05, 0) is 66.2 Å². The molecule has 5 nitrogen and oxygen atoms in total. The summed E-state index contributed by atoms with van der Waals surface area (Å²) in [4.78, 5) is 13.8. The molecular formula is C17H33NO4. The van der Waals surface area contributed by atoms with Gasteiger partial charge in [0, 0.05) is 26.3 Å². The highest BCUT2D eigenvalue weighted by molar-refractivity contribution is 5.68. The van der Waals surface area contributed by atoms with Crippen molar-refractivity contribution in [2.75, 3.05) is 26.3 Å². The molecule has 0 aromatic rings. The van der Waals surface area contributed by atoms with E-state index in [0.717, 1.165) is 32.4 Å². The van der Waals surface area contributed by atoms with Crippen LogP contribution in [-0.4, -0.2) is 53.6 Å². The number of piperidine rings is 1. The molecule has 0 spiro atoms.